The van der Waals surface area contributed by atoms with Crippen LogP contribution in [-0.2, 0) is 11.3 Å². The standard InChI is InChI=1S/C19H18N2O3S/c1-13(15-7-3-2-4-8-15)20-18(23)16-9-5-6-14(10-16)11-21-17(22)12-25-19(21)24/h2-10,13H,11-12H2,1H3,(H,20,23). The maximum atomic E-state index is 12.5. The molecule has 3 amide bonds. The minimum Gasteiger partial charge on any atom is -0.346 e. The van der Waals surface area contributed by atoms with Crippen LogP contribution in [0, 0.1) is 0 Å². The van der Waals surface area contributed by atoms with Gasteiger partial charge in [0.1, 0.15) is 0 Å². The molecule has 1 aliphatic rings. The summed E-state index contributed by atoms with van der Waals surface area (Å²) in [6, 6.07) is 16.6. The van der Waals surface area contributed by atoms with Crippen molar-refractivity contribution in [3.05, 3.63) is 71.3 Å². The van der Waals surface area contributed by atoms with Gasteiger partial charge < -0.3 is 5.32 Å². The largest absolute Gasteiger partial charge is 0.346 e. The van der Waals surface area contributed by atoms with Crippen LogP contribution in [0.15, 0.2) is 54.6 Å². The summed E-state index contributed by atoms with van der Waals surface area (Å²) in [5.74, 6) is -0.192. The first-order chi connectivity index (χ1) is 12.0. The first kappa shape index (κ1) is 17.2. The first-order valence-electron chi connectivity index (χ1n) is 7.96. The molecule has 2 aromatic carbocycles. The van der Waals surface area contributed by atoms with Gasteiger partial charge in [0.15, 0.2) is 0 Å². The van der Waals surface area contributed by atoms with Crippen molar-refractivity contribution in [3.63, 3.8) is 0 Å². The summed E-state index contributed by atoms with van der Waals surface area (Å²) in [4.78, 5) is 37.1. The second kappa shape index (κ2) is 7.53. The quantitative estimate of drug-likeness (QED) is 0.894. The Hall–Kier alpha value is -2.60. The molecular formula is C19H18N2O3S. The van der Waals surface area contributed by atoms with Gasteiger partial charge in [-0.25, -0.2) is 0 Å². The Morgan fingerprint density at radius 1 is 1.16 bits per heavy atom. The lowest BCUT2D eigenvalue weighted by Gasteiger charge is -2.16. The lowest BCUT2D eigenvalue weighted by Crippen LogP contribution is -2.29. The average molecular weight is 354 g/mol. The van der Waals surface area contributed by atoms with Crippen molar-refractivity contribution < 1.29 is 14.4 Å². The number of carbonyl (C=O) groups excluding carboxylic acids is 3. The van der Waals surface area contributed by atoms with Crippen LogP contribution in [0.25, 0.3) is 0 Å². The highest BCUT2D eigenvalue weighted by atomic mass is 32.2. The van der Waals surface area contributed by atoms with Crippen LogP contribution in [-0.4, -0.2) is 27.7 Å². The van der Waals surface area contributed by atoms with E-state index in [0.29, 0.717) is 5.56 Å². The third-order valence-electron chi connectivity index (χ3n) is 4.02. The zero-order valence-electron chi connectivity index (χ0n) is 13.8. The molecule has 128 valence electrons. The zero-order chi connectivity index (χ0) is 17.8. The van der Waals surface area contributed by atoms with Crippen LogP contribution >= 0.6 is 11.8 Å². The molecule has 6 heteroatoms. The van der Waals surface area contributed by atoms with Gasteiger partial charge in [-0.2, -0.15) is 0 Å². The zero-order valence-corrected chi connectivity index (χ0v) is 14.6. The maximum absolute atomic E-state index is 12.5. The van der Waals surface area contributed by atoms with E-state index in [1.165, 1.54) is 4.90 Å². The van der Waals surface area contributed by atoms with E-state index in [-0.39, 0.29) is 35.4 Å². The smallest absolute Gasteiger partial charge is 0.289 e. The van der Waals surface area contributed by atoms with Gasteiger partial charge in [-0.05, 0) is 30.2 Å². The Kier molecular flexibility index (Phi) is 5.19. The van der Waals surface area contributed by atoms with Crippen molar-refractivity contribution in [2.45, 2.75) is 19.5 Å². The predicted octanol–water partition coefficient (Wildman–Crippen LogP) is 3.37. The number of amides is 3. The van der Waals surface area contributed by atoms with Crippen LogP contribution < -0.4 is 5.32 Å². The number of benzene rings is 2. The van der Waals surface area contributed by atoms with Gasteiger partial charge in [-0.15, -0.1) is 0 Å². The molecule has 1 atom stereocenters. The fourth-order valence-electron chi connectivity index (χ4n) is 2.63. The van der Waals surface area contributed by atoms with Crippen molar-refractivity contribution in [1.82, 2.24) is 10.2 Å². The highest BCUT2D eigenvalue weighted by molar-refractivity contribution is 8.14. The lowest BCUT2D eigenvalue weighted by atomic mass is 10.1. The molecule has 1 aliphatic heterocycles. The molecule has 1 heterocycles. The Balaban J connectivity index is 1.69. The van der Waals surface area contributed by atoms with Gasteiger partial charge in [0.2, 0.25) is 5.91 Å². The number of rotatable bonds is 5. The van der Waals surface area contributed by atoms with Gasteiger partial charge in [0.25, 0.3) is 11.1 Å². The van der Waals surface area contributed by atoms with Crippen molar-refractivity contribution in [2.75, 3.05) is 5.75 Å². The molecule has 0 radical (unpaired) electrons. The van der Waals surface area contributed by atoms with E-state index < -0.39 is 0 Å². The molecule has 0 bridgehead atoms. The van der Waals surface area contributed by atoms with Crippen LogP contribution in [0.5, 0.6) is 0 Å². The van der Waals surface area contributed by atoms with E-state index in [9.17, 15) is 14.4 Å². The molecule has 0 aromatic heterocycles. The van der Waals surface area contributed by atoms with Gasteiger partial charge in [0, 0.05) is 5.56 Å². The molecule has 2 aromatic rings. The number of carbonyl (C=O) groups is 3. The second-order valence-corrected chi connectivity index (χ2v) is 6.77. The highest BCUT2D eigenvalue weighted by Crippen LogP contribution is 2.21. The topological polar surface area (TPSA) is 66.5 Å². The molecule has 0 saturated carbocycles. The summed E-state index contributed by atoms with van der Waals surface area (Å²) in [6.07, 6.45) is 0. The summed E-state index contributed by atoms with van der Waals surface area (Å²) < 4.78 is 0. The number of hydrogen-bond donors (Lipinski definition) is 1. The van der Waals surface area contributed by atoms with E-state index in [1.807, 2.05) is 37.3 Å². The summed E-state index contributed by atoms with van der Waals surface area (Å²) in [6.45, 7) is 2.12. The molecule has 5 nitrogen and oxygen atoms in total. The summed E-state index contributed by atoms with van der Waals surface area (Å²) in [5, 5.41) is 2.72. The summed E-state index contributed by atoms with van der Waals surface area (Å²) in [7, 11) is 0. The summed E-state index contributed by atoms with van der Waals surface area (Å²) in [5.41, 5.74) is 2.29. The van der Waals surface area contributed by atoms with E-state index >= 15 is 0 Å². The number of nitrogens with zero attached hydrogens (tertiary/aromatic N) is 1. The Bertz CT molecular complexity index is 791. The fraction of sp³-hybridized carbons (Fsp3) is 0.211. The fourth-order valence-corrected chi connectivity index (χ4v) is 3.36. The second-order valence-electron chi connectivity index (χ2n) is 5.84. The number of thioether (sulfide) groups is 1. The summed E-state index contributed by atoms with van der Waals surface area (Å²) >= 11 is 1.01. The van der Waals surface area contributed by atoms with Crippen molar-refractivity contribution in [2.24, 2.45) is 0 Å². The SMILES string of the molecule is CC(NC(=O)c1cccc(CN2C(=O)CSC2=O)c1)c1ccccc1. The van der Waals surface area contributed by atoms with E-state index in [0.717, 1.165) is 22.9 Å². The maximum Gasteiger partial charge on any atom is 0.289 e. The minimum atomic E-state index is -0.238. The Morgan fingerprint density at radius 2 is 1.92 bits per heavy atom. The molecule has 3 rings (SSSR count). The van der Waals surface area contributed by atoms with Crippen LogP contribution in [0.3, 0.4) is 0 Å². The molecule has 0 spiro atoms. The Morgan fingerprint density at radius 3 is 2.60 bits per heavy atom. The highest BCUT2D eigenvalue weighted by Gasteiger charge is 2.29. The molecule has 1 fully saturated rings. The number of nitrogens with one attached hydrogen (secondary N) is 1. The van der Waals surface area contributed by atoms with Gasteiger partial charge in [-0.1, -0.05) is 54.2 Å². The van der Waals surface area contributed by atoms with E-state index in [2.05, 4.69) is 5.32 Å². The molecule has 0 aliphatic carbocycles. The van der Waals surface area contributed by atoms with Gasteiger partial charge >= 0.3 is 0 Å². The molecule has 1 N–H and O–H groups in total. The third-order valence-corrected chi connectivity index (χ3v) is 4.88. The minimum absolute atomic E-state index is 0.115. The Labute approximate surface area is 150 Å². The van der Waals surface area contributed by atoms with Crippen molar-refractivity contribution in [3.8, 4) is 0 Å². The van der Waals surface area contributed by atoms with Crippen LogP contribution in [0.2, 0.25) is 0 Å². The van der Waals surface area contributed by atoms with Crippen molar-refractivity contribution >= 4 is 28.8 Å². The van der Waals surface area contributed by atoms with Gasteiger partial charge in [0.05, 0.1) is 18.3 Å². The molecule has 25 heavy (non-hydrogen) atoms. The molecular weight excluding hydrogens is 336 g/mol. The normalized spacial score (nSPS) is 15.3. The molecule has 1 unspecified atom stereocenters. The van der Waals surface area contributed by atoms with Gasteiger partial charge in [-0.3, -0.25) is 19.3 Å². The van der Waals surface area contributed by atoms with E-state index in [1.54, 1.807) is 24.3 Å². The van der Waals surface area contributed by atoms with Crippen molar-refractivity contribution in [1.29, 1.82) is 0 Å². The predicted molar refractivity (Wildman–Crippen MR) is 97.2 cm³/mol. The van der Waals surface area contributed by atoms with E-state index in [4.69, 9.17) is 0 Å². The lowest BCUT2D eigenvalue weighted by molar-refractivity contribution is -0.125. The number of hydrogen-bond acceptors (Lipinski definition) is 4. The van der Waals surface area contributed by atoms with Crippen LogP contribution in [0.4, 0.5) is 4.79 Å². The first-order valence-corrected chi connectivity index (χ1v) is 8.95. The number of imide groups is 1. The molecule has 1 saturated heterocycles. The average Bonchev–Trinajstić information content (AvgIpc) is 2.94. The van der Waals surface area contributed by atoms with Crippen LogP contribution in [0.1, 0.15) is 34.5 Å². The third kappa shape index (κ3) is 4.09. The monoisotopic (exact) mass is 354 g/mol.